The van der Waals surface area contributed by atoms with Crippen molar-refractivity contribution in [2.75, 3.05) is 0 Å². The Kier molecular flexibility index (Phi) is 1.08. The van der Waals surface area contributed by atoms with E-state index in [2.05, 4.69) is 6.92 Å². The SMILES string of the molecule is CC1C(N)CCC2OC21. The van der Waals surface area contributed by atoms with Crippen molar-refractivity contribution in [3.63, 3.8) is 0 Å². The summed E-state index contributed by atoms with van der Waals surface area (Å²) >= 11 is 0. The maximum absolute atomic E-state index is 5.82. The second-order valence-corrected chi connectivity index (χ2v) is 3.24. The van der Waals surface area contributed by atoms with Crippen molar-refractivity contribution in [1.82, 2.24) is 0 Å². The molecule has 1 heterocycles. The van der Waals surface area contributed by atoms with Crippen molar-refractivity contribution in [1.29, 1.82) is 0 Å². The summed E-state index contributed by atoms with van der Waals surface area (Å²) in [6.45, 7) is 2.19. The van der Waals surface area contributed by atoms with E-state index >= 15 is 0 Å². The number of hydrogen-bond donors (Lipinski definition) is 1. The number of ether oxygens (including phenoxy) is 1. The van der Waals surface area contributed by atoms with E-state index in [-0.39, 0.29) is 0 Å². The van der Waals surface area contributed by atoms with E-state index in [4.69, 9.17) is 10.5 Å². The van der Waals surface area contributed by atoms with Crippen LogP contribution in [0.4, 0.5) is 0 Å². The van der Waals surface area contributed by atoms with E-state index in [0.717, 1.165) is 6.42 Å². The van der Waals surface area contributed by atoms with Gasteiger partial charge in [-0.25, -0.2) is 0 Å². The Balaban J connectivity index is 2.02. The predicted octanol–water partition coefficient (Wildman–Crippen LogP) is 0.511. The lowest BCUT2D eigenvalue weighted by atomic mass is 9.87. The monoisotopic (exact) mass is 127 g/mol. The van der Waals surface area contributed by atoms with Gasteiger partial charge in [0.25, 0.3) is 0 Å². The molecule has 2 N–H and O–H groups in total. The zero-order valence-corrected chi connectivity index (χ0v) is 5.71. The molecule has 4 atom stereocenters. The summed E-state index contributed by atoms with van der Waals surface area (Å²) in [5.74, 6) is 0.601. The van der Waals surface area contributed by atoms with Gasteiger partial charge in [0.1, 0.15) is 0 Å². The van der Waals surface area contributed by atoms with Crippen molar-refractivity contribution in [2.24, 2.45) is 11.7 Å². The third-order valence-corrected chi connectivity index (χ3v) is 2.60. The number of rotatable bonds is 0. The van der Waals surface area contributed by atoms with Crippen LogP contribution in [0.25, 0.3) is 0 Å². The molecule has 52 valence electrons. The van der Waals surface area contributed by atoms with Crippen LogP contribution >= 0.6 is 0 Å². The Bertz CT molecular complexity index is 124. The van der Waals surface area contributed by atoms with Gasteiger partial charge in [0.2, 0.25) is 0 Å². The molecule has 2 fully saturated rings. The van der Waals surface area contributed by atoms with Crippen molar-refractivity contribution >= 4 is 0 Å². The summed E-state index contributed by atoms with van der Waals surface area (Å²) in [6.07, 6.45) is 3.45. The first-order chi connectivity index (χ1) is 4.29. The molecule has 0 aromatic heterocycles. The molecule has 0 spiro atoms. The molecule has 1 saturated carbocycles. The summed E-state index contributed by atoms with van der Waals surface area (Å²) < 4.78 is 5.38. The average Bonchev–Trinajstić information content (AvgIpc) is 2.58. The van der Waals surface area contributed by atoms with Crippen LogP contribution in [0.15, 0.2) is 0 Å². The van der Waals surface area contributed by atoms with Crippen LogP contribution in [0.5, 0.6) is 0 Å². The standard InChI is InChI=1S/C7H13NO/c1-4-5(8)2-3-6-7(4)9-6/h4-7H,2-3,8H2,1H3. The van der Waals surface area contributed by atoms with E-state index in [1.54, 1.807) is 0 Å². The fourth-order valence-electron chi connectivity index (χ4n) is 1.71. The van der Waals surface area contributed by atoms with Crippen LogP contribution in [-0.2, 0) is 4.74 Å². The van der Waals surface area contributed by atoms with Crippen molar-refractivity contribution in [3.05, 3.63) is 0 Å². The zero-order chi connectivity index (χ0) is 6.43. The van der Waals surface area contributed by atoms with Crippen molar-refractivity contribution in [2.45, 2.75) is 38.0 Å². The quantitative estimate of drug-likeness (QED) is 0.481. The van der Waals surface area contributed by atoms with E-state index < -0.39 is 0 Å². The predicted molar refractivity (Wildman–Crippen MR) is 35.0 cm³/mol. The first-order valence-corrected chi connectivity index (χ1v) is 3.70. The van der Waals surface area contributed by atoms with Crippen LogP contribution in [0.1, 0.15) is 19.8 Å². The molecule has 1 saturated heterocycles. The van der Waals surface area contributed by atoms with Gasteiger partial charge in [0, 0.05) is 6.04 Å². The highest BCUT2D eigenvalue weighted by molar-refractivity contribution is 4.97. The third-order valence-electron chi connectivity index (χ3n) is 2.60. The summed E-state index contributed by atoms with van der Waals surface area (Å²) in [5, 5.41) is 0. The fraction of sp³-hybridized carbons (Fsp3) is 1.00. The van der Waals surface area contributed by atoms with Gasteiger partial charge in [-0.3, -0.25) is 0 Å². The minimum Gasteiger partial charge on any atom is -0.369 e. The van der Waals surface area contributed by atoms with Gasteiger partial charge >= 0.3 is 0 Å². The molecular formula is C7H13NO. The molecule has 2 nitrogen and oxygen atoms in total. The highest BCUT2D eigenvalue weighted by Crippen LogP contribution is 2.39. The summed E-state index contributed by atoms with van der Waals surface area (Å²) in [4.78, 5) is 0. The molecule has 0 aromatic carbocycles. The normalized spacial score (nSPS) is 56.7. The molecule has 0 radical (unpaired) electrons. The first-order valence-electron chi connectivity index (χ1n) is 3.70. The molecular weight excluding hydrogens is 114 g/mol. The zero-order valence-electron chi connectivity index (χ0n) is 5.71. The number of fused-ring (bicyclic) bond motifs is 1. The number of hydrogen-bond acceptors (Lipinski definition) is 2. The molecule has 1 aliphatic carbocycles. The van der Waals surface area contributed by atoms with Gasteiger partial charge in [-0.05, 0) is 18.8 Å². The largest absolute Gasteiger partial charge is 0.369 e. The number of nitrogens with two attached hydrogens (primary N) is 1. The second kappa shape index (κ2) is 1.70. The molecule has 2 heteroatoms. The summed E-state index contributed by atoms with van der Waals surface area (Å²) in [7, 11) is 0. The van der Waals surface area contributed by atoms with Crippen LogP contribution < -0.4 is 5.73 Å². The van der Waals surface area contributed by atoms with Crippen molar-refractivity contribution < 1.29 is 4.74 Å². The Labute approximate surface area is 55.4 Å². The maximum Gasteiger partial charge on any atom is 0.0882 e. The molecule has 0 bridgehead atoms. The topological polar surface area (TPSA) is 38.5 Å². The molecule has 2 rings (SSSR count). The Morgan fingerprint density at radius 1 is 1.44 bits per heavy atom. The van der Waals surface area contributed by atoms with Gasteiger partial charge in [-0.1, -0.05) is 6.92 Å². The second-order valence-electron chi connectivity index (χ2n) is 3.24. The Morgan fingerprint density at radius 3 is 2.89 bits per heavy atom. The average molecular weight is 127 g/mol. The fourth-order valence-corrected chi connectivity index (χ4v) is 1.71. The van der Waals surface area contributed by atoms with E-state index in [9.17, 15) is 0 Å². The minimum absolute atomic E-state index is 0.397. The molecule has 1 aliphatic heterocycles. The maximum atomic E-state index is 5.82. The van der Waals surface area contributed by atoms with Crippen molar-refractivity contribution in [3.8, 4) is 0 Å². The van der Waals surface area contributed by atoms with Crippen LogP contribution in [0, 0.1) is 5.92 Å². The molecule has 0 amide bonds. The number of epoxide rings is 1. The Morgan fingerprint density at radius 2 is 2.22 bits per heavy atom. The first kappa shape index (κ1) is 5.69. The van der Waals surface area contributed by atoms with Gasteiger partial charge in [0.15, 0.2) is 0 Å². The molecule has 9 heavy (non-hydrogen) atoms. The van der Waals surface area contributed by atoms with Crippen LogP contribution in [0.3, 0.4) is 0 Å². The van der Waals surface area contributed by atoms with Gasteiger partial charge in [-0.2, -0.15) is 0 Å². The van der Waals surface area contributed by atoms with E-state index in [1.165, 1.54) is 6.42 Å². The van der Waals surface area contributed by atoms with Gasteiger partial charge < -0.3 is 10.5 Å². The van der Waals surface area contributed by atoms with Crippen LogP contribution in [0.2, 0.25) is 0 Å². The van der Waals surface area contributed by atoms with E-state index in [0.29, 0.717) is 24.2 Å². The van der Waals surface area contributed by atoms with Gasteiger partial charge in [-0.15, -0.1) is 0 Å². The Hall–Kier alpha value is -0.0800. The summed E-state index contributed by atoms with van der Waals surface area (Å²) in [5.41, 5.74) is 5.82. The highest BCUT2D eigenvalue weighted by atomic mass is 16.6. The lowest BCUT2D eigenvalue weighted by Crippen LogP contribution is -2.35. The van der Waals surface area contributed by atoms with Gasteiger partial charge in [0.05, 0.1) is 12.2 Å². The third kappa shape index (κ3) is 0.775. The minimum atomic E-state index is 0.397. The molecule has 0 aromatic rings. The summed E-state index contributed by atoms with van der Waals surface area (Å²) in [6, 6.07) is 0.397. The highest BCUT2D eigenvalue weighted by Gasteiger charge is 2.47. The van der Waals surface area contributed by atoms with Crippen LogP contribution in [-0.4, -0.2) is 18.2 Å². The molecule has 2 aliphatic rings. The van der Waals surface area contributed by atoms with E-state index in [1.807, 2.05) is 0 Å². The molecule has 4 unspecified atom stereocenters. The smallest absolute Gasteiger partial charge is 0.0882 e. The lowest BCUT2D eigenvalue weighted by Gasteiger charge is -2.20. The lowest BCUT2D eigenvalue weighted by molar-refractivity contribution is 0.316.